The van der Waals surface area contributed by atoms with E-state index in [2.05, 4.69) is 15.6 Å². The number of benzene rings is 2. The van der Waals surface area contributed by atoms with Gasteiger partial charge >= 0.3 is 0 Å². The Morgan fingerprint density at radius 2 is 1.81 bits per heavy atom. The van der Waals surface area contributed by atoms with E-state index in [1.165, 1.54) is 0 Å². The van der Waals surface area contributed by atoms with Crippen molar-refractivity contribution in [3.63, 3.8) is 0 Å². The molecule has 1 amide bonds. The minimum Gasteiger partial charge on any atom is -0.486 e. The first-order valence-corrected chi connectivity index (χ1v) is 8.68. The molecule has 0 radical (unpaired) electrons. The molecule has 6 nitrogen and oxygen atoms in total. The van der Waals surface area contributed by atoms with Gasteiger partial charge in [0.1, 0.15) is 19.0 Å². The first-order valence-electron chi connectivity index (χ1n) is 8.68. The van der Waals surface area contributed by atoms with E-state index in [4.69, 9.17) is 9.47 Å². The molecule has 0 spiro atoms. The van der Waals surface area contributed by atoms with E-state index in [1.54, 1.807) is 36.5 Å². The fraction of sp³-hybridized carbons (Fsp3) is 0.143. The molecular formula is C21H19N3O3. The average molecular weight is 361 g/mol. The van der Waals surface area contributed by atoms with Crippen LogP contribution in [0.3, 0.4) is 0 Å². The van der Waals surface area contributed by atoms with Gasteiger partial charge in [-0.05, 0) is 48.9 Å². The number of carbonyl (C=O) groups is 1. The van der Waals surface area contributed by atoms with Crippen LogP contribution in [-0.4, -0.2) is 24.1 Å². The number of ether oxygens (including phenoxy) is 2. The summed E-state index contributed by atoms with van der Waals surface area (Å²) in [7, 11) is 0. The topological polar surface area (TPSA) is 72.5 Å². The lowest BCUT2D eigenvalue weighted by atomic mass is 10.2. The van der Waals surface area contributed by atoms with Crippen LogP contribution in [0.25, 0.3) is 0 Å². The zero-order chi connectivity index (χ0) is 18.6. The van der Waals surface area contributed by atoms with Gasteiger partial charge in [-0.2, -0.15) is 0 Å². The van der Waals surface area contributed by atoms with Crippen molar-refractivity contribution in [2.45, 2.75) is 6.92 Å². The molecule has 0 fully saturated rings. The van der Waals surface area contributed by atoms with Crippen LogP contribution in [-0.2, 0) is 0 Å². The van der Waals surface area contributed by atoms with Crippen LogP contribution in [0.2, 0.25) is 0 Å². The smallest absolute Gasteiger partial charge is 0.255 e. The third-order valence-corrected chi connectivity index (χ3v) is 4.11. The number of aromatic nitrogens is 1. The Morgan fingerprint density at radius 1 is 0.963 bits per heavy atom. The molecule has 136 valence electrons. The maximum Gasteiger partial charge on any atom is 0.255 e. The van der Waals surface area contributed by atoms with Crippen molar-refractivity contribution >= 4 is 23.1 Å². The summed E-state index contributed by atoms with van der Waals surface area (Å²) in [4.78, 5) is 16.9. The zero-order valence-corrected chi connectivity index (χ0v) is 14.9. The first-order chi connectivity index (χ1) is 13.2. The molecule has 4 rings (SSSR count). The number of fused-ring (bicyclic) bond motifs is 1. The largest absolute Gasteiger partial charge is 0.486 e. The number of nitrogens with zero attached hydrogens (tertiary/aromatic N) is 1. The standard InChI is InChI=1S/C21H19N3O3/c1-14-3-2-4-16(11-14)23-20-12-15(7-8-22-20)21(25)24-17-5-6-18-19(13-17)27-10-9-26-18/h2-8,11-13H,9-10H2,1H3,(H,22,23)(H,24,25). The monoisotopic (exact) mass is 361 g/mol. The Balaban J connectivity index is 1.49. The molecule has 0 saturated heterocycles. The van der Waals surface area contributed by atoms with Crippen molar-refractivity contribution in [2.75, 3.05) is 23.8 Å². The summed E-state index contributed by atoms with van der Waals surface area (Å²) in [5.41, 5.74) is 3.23. The average Bonchev–Trinajstić information content (AvgIpc) is 2.68. The molecule has 1 aliphatic rings. The number of carbonyl (C=O) groups excluding carboxylic acids is 1. The van der Waals surface area contributed by atoms with Crippen LogP contribution in [0.15, 0.2) is 60.8 Å². The van der Waals surface area contributed by atoms with E-state index in [1.807, 2.05) is 31.2 Å². The van der Waals surface area contributed by atoms with Crippen molar-refractivity contribution in [1.82, 2.24) is 4.98 Å². The van der Waals surface area contributed by atoms with E-state index in [0.717, 1.165) is 11.3 Å². The molecule has 0 aliphatic carbocycles. The molecule has 3 aromatic rings. The van der Waals surface area contributed by atoms with Crippen LogP contribution in [0.1, 0.15) is 15.9 Å². The number of amides is 1. The second kappa shape index (κ2) is 7.37. The normalized spacial score (nSPS) is 12.3. The highest BCUT2D eigenvalue weighted by atomic mass is 16.6. The van der Waals surface area contributed by atoms with Crippen molar-refractivity contribution in [3.05, 3.63) is 71.9 Å². The molecule has 1 aliphatic heterocycles. The summed E-state index contributed by atoms with van der Waals surface area (Å²) in [5, 5.41) is 6.10. The molecule has 0 bridgehead atoms. The Morgan fingerprint density at radius 3 is 2.67 bits per heavy atom. The molecule has 27 heavy (non-hydrogen) atoms. The Hall–Kier alpha value is -3.54. The van der Waals surface area contributed by atoms with E-state index >= 15 is 0 Å². The third-order valence-electron chi connectivity index (χ3n) is 4.11. The number of aryl methyl sites for hydroxylation is 1. The molecule has 6 heteroatoms. The summed E-state index contributed by atoms with van der Waals surface area (Å²) in [6.07, 6.45) is 1.61. The molecule has 2 N–H and O–H groups in total. The number of hydrogen-bond acceptors (Lipinski definition) is 5. The fourth-order valence-electron chi connectivity index (χ4n) is 2.84. The van der Waals surface area contributed by atoms with E-state index in [9.17, 15) is 4.79 Å². The molecule has 0 saturated carbocycles. The van der Waals surface area contributed by atoms with E-state index in [-0.39, 0.29) is 5.91 Å². The van der Waals surface area contributed by atoms with Gasteiger partial charge in [0.05, 0.1) is 0 Å². The number of anilines is 3. The minimum atomic E-state index is -0.221. The minimum absolute atomic E-state index is 0.221. The highest BCUT2D eigenvalue weighted by Gasteiger charge is 2.14. The lowest BCUT2D eigenvalue weighted by molar-refractivity contribution is 0.102. The Bertz CT molecular complexity index is 988. The van der Waals surface area contributed by atoms with Gasteiger partial charge in [-0.15, -0.1) is 0 Å². The Kier molecular flexibility index (Phi) is 4.61. The van der Waals surface area contributed by atoms with Crippen LogP contribution >= 0.6 is 0 Å². The van der Waals surface area contributed by atoms with E-state index < -0.39 is 0 Å². The number of pyridine rings is 1. The highest BCUT2D eigenvalue weighted by molar-refractivity contribution is 6.04. The van der Waals surface area contributed by atoms with Gasteiger partial charge in [0, 0.05) is 29.2 Å². The molecule has 0 atom stereocenters. The number of hydrogen-bond donors (Lipinski definition) is 2. The maximum atomic E-state index is 12.6. The van der Waals surface area contributed by atoms with Crippen LogP contribution in [0.4, 0.5) is 17.2 Å². The van der Waals surface area contributed by atoms with Gasteiger partial charge in [0.2, 0.25) is 0 Å². The number of rotatable bonds is 4. The highest BCUT2D eigenvalue weighted by Crippen LogP contribution is 2.32. The molecule has 2 heterocycles. The zero-order valence-electron chi connectivity index (χ0n) is 14.9. The molecule has 1 aromatic heterocycles. The van der Waals surface area contributed by atoms with Crippen LogP contribution < -0.4 is 20.1 Å². The summed E-state index contributed by atoms with van der Waals surface area (Å²) < 4.78 is 11.0. The number of nitrogens with one attached hydrogen (secondary N) is 2. The van der Waals surface area contributed by atoms with Crippen molar-refractivity contribution < 1.29 is 14.3 Å². The van der Waals surface area contributed by atoms with Crippen LogP contribution in [0.5, 0.6) is 11.5 Å². The van der Waals surface area contributed by atoms with Gasteiger partial charge in [0.15, 0.2) is 11.5 Å². The summed E-state index contributed by atoms with van der Waals surface area (Å²) in [6.45, 7) is 3.06. The van der Waals surface area contributed by atoms with Crippen molar-refractivity contribution in [2.24, 2.45) is 0 Å². The van der Waals surface area contributed by atoms with Gasteiger partial charge in [-0.25, -0.2) is 4.98 Å². The van der Waals surface area contributed by atoms with Gasteiger partial charge in [-0.1, -0.05) is 12.1 Å². The lowest BCUT2D eigenvalue weighted by Gasteiger charge is -2.19. The quantitative estimate of drug-likeness (QED) is 0.730. The van der Waals surface area contributed by atoms with Gasteiger partial charge in [-0.3, -0.25) is 4.79 Å². The maximum absolute atomic E-state index is 12.6. The van der Waals surface area contributed by atoms with E-state index in [0.29, 0.717) is 41.8 Å². The van der Waals surface area contributed by atoms with Gasteiger partial charge in [0.25, 0.3) is 5.91 Å². The van der Waals surface area contributed by atoms with Gasteiger partial charge < -0.3 is 20.1 Å². The SMILES string of the molecule is Cc1cccc(Nc2cc(C(=O)Nc3ccc4c(c3)OCCO4)ccn2)c1. The van der Waals surface area contributed by atoms with Crippen LogP contribution in [0, 0.1) is 6.92 Å². The summed E-state index contributed by atoms with van der Waals surface area (Å²) in [6, 6.07) is 16.7. The summed E-state index contributed by atoms with van der Waals surface area (Å²) >= 11 is 0. The molecule has 0 unspecified atom stereocenters. The third kappa shape index (κ3) is 4.00. The Labute approximate surface area is 157 Å². The van der Waals surface area contributed by atoms with Crippen molar-refractivity contribution in [1.29, 1.82) is 0 Å². The summed E-state index contributed by atoms with van der Waals surface area (Å²) in [5.74, 6) is 1.71. The molecular weight excluding hydrogens is 342 g/mol. The molecule has 2 aromatic carbocycles. The first kappa shape index (κ1) is 16.9. The second-order valence-electron chi connectivity index (χ2n) is 6.24. The second-order valence-corrected chi connectivity index (χ2v) is 6.24. The predicted molar refractivity (Wildman–Crippen MR) is 104 cm³/mol. The fourth-order valence-corrected chi connectivity index (χ4v) is 2.84. The van der Waals surface area contributed by atoms with Crippen molar-refractivity contribution in [3.8, 4) is 11.5 Å². The lowest BCUT2D eigenvalue weighted by Crippen LogP contribution is -2.16. The predicted octanol–water partition coefficient (Wildman–Crippen LogP) is 4.16.